The molecule has 1 saturated heterocycles. The molecule has 1 aliphatic rings. The second-order valence-corrected chi connectivity index (χ2v) is 8.27. The SMILES string of the molecule is COC(=O)c1ccc(N2CCOCC2)c(NC(=O)/C=C/c2ccc(-c3ccc(Br)cc3)o2)c1. The lowest BCUT2D eigenvalue weighted by molar-refractivity contribution is -0.111. The lowest BCUT2D eigenvalue weighted by atomic mass is 10.1. The van der Waals surface area contributed by atoms with Gasteiger partial charge >= 0.3 is 5.97 Å². The summed E-state index contributed by atoms with van der Waals surface area (Å²) in [5.41, 5.74) is 2.66. The van der Waals surface area contributed by atoms with Crippen LogP contribution in [0.25, 0.3) is 17.4 Å². The molecule has 0 bridgehead atoms. The minimum atomic E-state index is -0.467. The molecule has 2 aromatic carbocycles. The molecule has 2 heterocycles. The smallest absolute Gasteiger partial charge is 0.337 e. The molecule has 3 aromatic rings. The Morgan fingerprint density at radius 2 is 1.82 bits per heavy atom. The third kappa shape index (κ3) is 5.71. The number of ether oxygens (including phenoxy) is 2. The Balaban J connectivity index is 1.50. The van der Waals surface area contributed by atoms with Gasteiger partial charge in [0.25, 0.3) is 0 Å². The van der Waals surface area contributed by atoms with Crippen molar-refractivity contribution in [2.45, 2.75) is 0 Å². The number of halogens is 1. The molecule has 1 aliphatic heterocycles. The highest BCUT2D eigenvalue weighted by molar-refractivity contribution is 9.10. The van der Waals surface area contributed by atoms with E-state index in [2.05, 4.69) is 26.1 Å². The molecule has 0 spiro atoms. The van der Waals surface area contributed by atoms with Crippen LogP contribution in [0.4, 0.5) is 11.4 Å². The van der Waals surface area contributed by atoms with Crippen molar-refractivity contribution in [3.05, 3.63) is 76.5 Å². The minimum absolute atomic E-state index is 0.340. The van der Waals surface area contributed by atoms with Crippen LogP contribution in [0.1, 0.15) is 16.1 Å². The number of anilines is 2. The van der Waals surface area contributed by atoms with Crippen LogP contribution < -0.4 is 10.2 Å². The topological polar surface area (TPSA) is 81.0 Å². The maximum Gasteiger partial charge on any atom is 0.337 e. The van der Waals surface area contributed by atoms with Gasteiger partial charge < -0.3 is 24.1 Å². The van der Waals surface area contributed by atoms with Crippen molar-refractivity contribution in [3.63, 3.8) is 0 Å². The van der Waals surface area contributed by atoms with Gasteiger partial charge in [0, 0.05) is 29.2 Å². The summed E-state index contributed by atoms with van der Waals surface area (Å²) in [4.78, 5) is 26.8. The number of carbonyl (C=O) groups is 2. The summed E-state index contributed by atoms with van der Waals surface area (Å²) < 4.78 is 17.1. The van der Waals surface area contributed by atoms with Gasteiger partial charge in [-0.15, -0.1) is 0 Å². The number of hydrogen-bond acceptors (Lipinski definition) is 6. The maximum atomic E-state index is 12.7. The number of furan rings is 1. The maximum absolute atomic E-state index is 12.7. The van der Waals surface area contributed by atoms with Gasteiger partial charge in [0.05, 0.1) is 37.3 Å². The van der Waals surface area contributed by atoms with Gasteiger partial charge in [0.1, 0.15) is 11.5 Å². The fourth-order valence-corrected chi connectivity index (χ4v) is 3.77. The van der Waals surface area contributed by atoms with Gasteiger partial charge in [-0.1, -0.05) is 28.1 Å². The number of nitrogens with one attached hydrogen (secondary N) is 1. The predicted molar refractivity (Wildman–Crippen MR) is 130 cm³/mol. The van der Waals surface area contributed by atoms with Crippen LogP contribution in [-0.2, 0) is 14.3 Å². The Morgan fingerprint density at radius 1 is 1.06 bits per heavy atom. The Bertz CT molecular complexity index is 1160. The van der Waals surface area contributed by atoms with E-state index in [0.29, 0.717) is 49.1 Å². The fraction of sp³-hybridized carbons (Fsp3) is 0.200. The summed E-state index contributed by atoms with van der Waals surface area (Å²) in [7, 11) is 1.32. The summed E-state index contributed by atoms with van der Waals surface area (Å²) in [5.74, 6) is 0.460. The molecule has 170 valence electrons. The van der Waals surface area contributed by atoms with Crippen LogP contribution in [0.15, 0.2) is 69.6 Å². The molecule has 1 amide bonds. The zero-order valence-corrected chi connectivity index (χ0v) is 19.6. The molecule has 33 heavy (non-hydrogen) atoms. The van der Waals surface area contributed by atoms with Crippen LogP contribution in [-0.4, -0.2) is 45.3 Å². The molecule has 8 heteroatoms. The number of esters is 1. The van der Waals surface area contributed by atoms with Crippen molar-refractivity contribution in [2.75, 3.05) is 43.6 Å². The number of amides is 1. The lowest BCUT2D eigenvalue weighted by Gasteiger charge is -2.30. The number of morpholine rings is 1. The van der Waals surface area contributed by atoms with Gasteiger partial charge in [0.15, 0.2) is 0 Å². The van der Waals surface area contributed by atoms with Crippen LogP contribution in [0.2, 0.25) is 0 Å². The third-order valence-corrected chi connectivity index (χ3v) is 5.71. The molecular formula is C25H23BrN2O5. The molecule has 0 unspecified atom stereocenters. The van der Waals surface area contributed by atoms with Crippen molar-refractivity contribution in [2.24, 2.45) is 0 Å². The fourth-order valence-electron chi connectivity index (χ4n) is 3.50. The molecule has 4 rings (SSSR count). The first-order valence-corrected chi connectivity index (χ1v) is 11.2. The average Bonchev–Trinajstić information content (AvgIpc) is 3.32. The summed E-state index contributed by atoms with van der Waals surface area (Å²) >= 11 is 3.42. The normalized spacial score (nSPS) is 13.8. The first kappa shape index (κ1) is 22.8. The molecule has 0 aliphatic carbocycles. The number of rotatable bonds is 6. The molecule has 0 saturated carbocycles. The van der Waals surface area contributed by atoms with Crippen LogP contribution in [0.5, 0.6) is 0 Å². The molecular weight excluding hydrogens is 488 g/mol. The van der Waals surface area contributed by atoms with Gasteiger partial charge in [-0.25, -0.2) is 4.79 Å². The van der Waals surface area contributed by atoms with Gasteiger partial charge in [-0.05, 0) is 48.5 Å². The molecule has 0 radical (unpaired) electrons. The highest BCUT2D eigenvalue weighted by Gasteiger charge is 2.18. The lowest BCUT2D eigenvalue weighted by Crippen LogP contribution is -2.36. The molecule has 0 atom stereocenters. The van der Waals surface area contributed by atoms with Gasteiger partial charge in [-0.2, -0.15) is 0 Å². The largest absolute Gasteiger partial charge is 0.465 e. The van der Waals surface area contributed by atoms with Crippen molar-refractivity contribution < 1.29 is 23.5 Å². The van der Waals surface area contributed by atoms with E-state index in [0.717, 1.165) is 15.7 Å². The quantitative estimate of drug-likeness (QED) is 0.371. The van der Waals surface area contributed by atoms with Crippen LogP contribution in [0.3, 0.4) is 0 Å². The number of hydrogen-bond donors (Lipinski definition) is 1. The highest BCUT2D eigenvalue weighted by Crippen LogP contribution is 2.29. The van der Waals surface area contributed by atoms with Gasteiger partial charge in [0.2, 0.25) is 5.91 Å². The van der Waals surface area contributed by atoms with E-state index >= 15 is 0 Å². The standard InChI is InChI=1S/C25H23BrN2O5/c1-31-25(30)18-4-9-22(28-12-14-32-15-13-28)21(16-18)27-24(29)11-8-20-7-10-23(33-20)17-2-5-19(26)6-3-17/h2-11,16H,12-15H2,1H3,(H,27,29)/b11-8+. The molecule has 1 N–H and O–H groups in total. The number of methoxy groups -OCH3 is 1. The first-order valence-electron chi connectivity index (χ1n) is 10.4. The van der Waals surface area contributed by atoms with E-state index in [9.17, 15) is 9.59 Å². The van der Waals surface area contributed by atoms with Crippen molar-refractivity contribution >= 4 is 45.3 Å². The second-order valence-electron chi connectivity index (χ2n) is 7.35. The Hall–Kier alpha value is -3.36. The molecule has 1 aromatic heterocycles. The van der Waals surface area contributed by atoms with Crippen molar-refractivity contribution in [1.82, 2.24) is 0 Å². The molecule has 7 nitrogen and oxygen atoms in total. The van der Waals surface area contributed by atoms with Gasteiger partial charge in [-0.3, -0.25) is 4.79 Å². The zero-order chi connectivity index (χ0) is 23.2. The van der Waals surface area contributed by atoms with Crippen molar-refractivity contribution in [3.8, 4) is 11.3 Å². The summed E-state index contributed by atoms with van der Waals surface area (Å²) in [6.45, 7) is 2.60. The summed E-state index contributed by atoms with van der Waals surface area (Å²) in [6, 6.07) is 16.6. The Labute approximate surface area is 200 Å². The van der Waals surface area contributed by atoms with E-state index in [1.807, 2.05) is 36.4 Å². The Morgan fingerprint density at radius 3 is 2.55 bits per heavy atom. The van der Waals surface area contributed by atoms with Crippen LogP contribution in [0, 0.1) is 0 Å². The number of nitrogens with zero attached hydrogens (tertiary/aromatic N) is 1. The van der Waals surface area contributed by atoms with E-state index in [1.165, 1.54) is 13.2 Å². The van der Waals surface area contributed by atoms with E-state index in [-0.39, 0.29) is 5.91 Å². The van der Waals surface area contributed by atoms with E-state index in [1.54, 1.807) is 24.3 Å². The highest BCUT2D eigenvalue weighted by atomic mass is 79.9. The van der Waals surface area contributed by atoms with E-state index < -0.39 is 5.97 Å². The second kappa shape index (κ2) is 10.5. The summed E-state index contributed by atoms with van der Waals surface area (Å²) in [6.07, 6.45) is 3.01. The first-order chi connectivity index (χ1) is 16.0. The summed E-state index contributed by atoms with van der Waals surface area (Å²) in [5, 5.41) is 2.88. The average molecular weight is 511 g/mol. The number of benzene rings is 2. The zero-order valence-electron chi connectivity index (χ0n) is 18.0. The number of carbonyl (C=O) groups excluding carboxylic acids is 2. The minimum Gasteiger partial charge on any atom is -0.465 e. The monoisotopic (exact) mass is 510 g/mol. The molecule has 1 fully saturated rings. The predicted octanol–water partition coefficient (Wildman–Crippen LogP) is 4.98. The van der Waals surface area contributed by atoms with E-state index in [4.69, 9.17) is 13.9 Å². The third-order valence-electron chi connectivity index (χ3n) is 5.18. The van der Waals surface area contributed by atoms with Crippen LogP contribution >= 0.6 is 15.9 Å². The Kier molecular flexibility index (Phi) is 7.26. The van der Waals surface area contributed by atoms with Crippen molar-refractivity contribution in [1.29, 1.82) is 0 Å².